The van der Waals surface area contributed by atoms with Gasteiger partial charge in [-0.2, -0.15) is 0 Å². The number of nitrogens with zero attached hydrogens (tertiary/aromatic N) is 1. The van der Waals surface area contributed by atoms with E-state index in [9.17, 15) is 0 Å². The van der Waals surface area contributed by atoms with Crippen LogP contribution in [0.15, 0.2) is 24.8 Å². The molecule has 0 atom stereocenters. The Morgan fingerprint density at radius 3 is 2.12 bits per heavy atom. The van der Waals surface area contributed by atoms with Crippen molar-refractivity contribution in [3.05, 3.63) is 45.8 Å². The predicted molar refractivity (Wildman–Crippen MR) is 115 cm³/mol. The molecule has 0 bridgehead atoms. The highest BCUT2D eigenvalue weighted by Crippen LogP contribution is 2.36. The summed E-state index contributed by atoms with van der Waals surface area (Å²) in [6.45, 7) is 20.5. The molecule has 0 unspecified atom stereocenters. The fourth-order valence-corrected chi connectivity index (χ4v) is 4.50. The number of aryl methyl sites for hydroxylation is 3. The lowest BCUT2D eigenvalue weighted by molar-refractivity contribution is 1.25. The molecule has 130 valence electrons. The number of thiophene rings is 1. The fraction of sp³-hybridized carbons (Fsp3) is 0.381. The Labute approximate surface area is 155 Å². The molecule has 0 saturated carbocycles. The molecule has 0 aliphatic rings. The van der Waals surface area contributed by atoms with Crippen LogP contribution in [-0.4, -0.2) is 4.98 Å². The van der Waals surface area contributed by atoms with Crippen LogP contribution in [0.25, 0.3) is 26.2 Å². The summed E-state index contributed by atoms with van der Waals surface area (Å²) in [6, 6.07) is 6.78. The third-order valence-electron chi connectivity index (χ3n) is 3.40. The summed E-state index contributed by atoms with van der Waals surface area (Å²) in [6.07, 6.45) is 0. The van der Waals surface area contributed by atoms with Gasteiger partial charge in [-0.3, -0.25) is 0 Å². The average Bonchev–Trinajstić information content (AvgIpc) is 3.14. The molecule has 0 aliphatic carbocycles. The number of benzene rings is 1. The zero-order valence-electron chi connectivity index (χ0n) is 16.2. The van der Waals surface area contributed by atoms with E-state index in [4.69, 9.17) is 4.98 Å². The fourth-order valence-electron chi connectivity index (χ4n) is 2.48. The summed E-state index contributed by atoms with van der Waals surface area (Å²) in [5.74, 6) is 0. The predicted octanol–water partition coefficient (Wildman–Crippen LogP) is 8.04. The summed E-state index contributed by atoms with van der Waals surface area (Å²) in [5, 5.41) is 2.46. The molecule has 2 aromatic heterocycles. The lowest BCUT2D eigenvalue weighted by Crippen LogP contribution is -1.80. The molecule has 0 fully saturated rings. The monoisotopic (exact) mass is 359 g/mol. The lowest BCUT2D eigenvalue weighted by atomic mass is 10.1. The summed E-state index contributed by atoms with van der Waals surface area (Å²) < 4.78 is 1.35. The van der Waals surface area contributed by atoms with Crippen LogP contribution in [0.4, 0.5) is 0 Å². The Kier molecular flexibility index (Phi) is 7.85. The molecule has 0 amide bonds. The summed E-state index contributed by atoms with van der Waals surface area (Å²) in [4.78, 5) is 7.29. The Morgan fingerprint density at radius 2 is 1.58 bits per heavy atom. The second-order valence-corrected chi connectivity index (χ2v) is 7.56. The zero-order valence-corrected chi connectivity index (χ0v) is 17.8. The summed E-state index contributed by atoms with van der Waals surface area (Å²) in [7, 11) is 0. The molecule has 24 heavy (non-hydrogen) atoms. The minimum atomic E-state index is 1.08. The van der Waals surface area contributed by atoms with E-state index in [-0.39, 0.29) is 0 Å². The van der Waals surface area contributed by atoms with E-state index in [1.54, 1.807) is 11.3 Å². The first kappa shape index (κ1) is 20.6. The van der Waals surface area contributed by atoms with Crippen LogP contribution in [0.5, 0.6) is 0 Å². The maximum atomic E-state index is 4.72. The van der Waals surface area contributed by atoms with Crippen molar-refractivity contribution in [2.45, 2.75) is 55.4 Å². The van der Waals surface area contributed by atoms with Crippen LogP contribution in [0.3, 0.4) is 0 Å². The molecular weight excluding hydrogens is 330 g/mol. The Bertz CT molecular complexity index is 822. The van der Waals surface area contributed by atoms with Crippen LogP contribution in [0, 0.1) is 20.8 Å². The van der Waals surface area contributed by atoms with Crippen molar-refractivity contribution >= 4 is 38.3 Å². The largest absolute Gasteiger partial charge is 0.241 e. The minimum Gasteiger partial charge on any atom is -0.241 e. The van der Waals surface area contributed by atoms with E-state index in [1.807, 2.05) is 46.0 Å². The number of hydrogen-bond donors (Lipinski definition) is 0. The van der Waals surface area contributed by atoms with E-state index in [1.165, 1.54) is 31.0 Å². The number of aromatic nitrogens is 1. The second kappa shape index (κ2) is 9.14. The van der Waals surface area contributed by atoms with Gasteiger partial charge in [-0.25, -0.2) is 4.98 Å². The molecule has 3 heteroatoms. The highest BCUT2D eigenvalue weighted by Gasteiger charge is 2.12. The molecule has 0 radical (unpaired) electrons. The van der Waals surface area contributed by atoms with E-state index in [0.717, 1.165) is 16.3 Å². The number of hydrogen-bond acceptors (Lipinski definition) is 3. The highest BCUT2D eigenvalue weighted by molar-refractivity contribution is 7.19. The molecule has 0 aliphatic heterocycles. The molecule has 1 aromatic carbocycles. The lowest BCUT2D eigenvalue weighted by Gasteiger charge is -2.01. The molecular formula is C21H29NS2. The van der Waals surface area contributed by atoms with Crippen molar-refractivity contribution in [3.8, 4) is 10.6 Å². The van der Waals surface area contributed by atoms with Crippen LogP contribution < -0.4 is 0 Å². The van der Waals surface area contributed by atoms with Gasteiger partial charge in [0.15, 0.2) is 0 Å². The van der Waals surface area contributed by atoms with Crippen molar-refractivity contribution in [2.75, 3.05) is 0 Å². The molecule has 0 spiro atoms. The van der Waals surface area contributed by atoms with Gasteiger partial charge in [0.1, 0.15) is 5.01 Å². The number of rotatable bonds is 2. The van der Waals surface area contributed by atoms with Gasteiger partial charge in [0.05, 0.1) is 10.6 Å². The summed E-state index contributed by atoms with van der Waals surface area (Å²) in [5.41, 5.74) is 4.72. The maximum absolute atomic E-state index is 4.72. The first-order chi connectivity index (χ1) is 11.5. The minimum absolute atomic E-state index is 1.08. The Hall–Kier alpha value is -1.45. The molecule has 3 aromatic rings. The standard InChI is InChI=1S/C17H17NS2.2C2H6/c1-9(2)16-12(5)18-17(20-16)13-6-10(3)14-7-11(4)19-15(14)8-13;2*1-2/h6-8H,1H2,2-5H3;2*1-2H3. The quantitative estimate of drug-likeness (QED) is 0.451. The zero-order chi connectivity index (χ0) is 18.4. The van der Waals surface area contributed by atoms with Gasteiger partial charge < -0.3 is 0 Å². The number of fused-ring (bicyclic) bond motifs is 1. The Morgan fingerprint density at radius 1 is 0.958 bits per heavy atom. The van der Waals surface area contributed by atoms with Gasteiger partial charge in [-0.05, 0) is 62.4 Å². The number of thiazole rings is 1. The van der Waals surface area contributed by atoms with Gasteiger partial charge in [-0.1, -0.05) is 34.3 Å². The van der Waals surface area contributed by atoms with Crippen LogP contribution >= 0.6 is 22.7 Å². The average molecular weight is 360 g/mol. The van der Waals surface area contributed by atoms with Crippen molar-refractivity contribution < 1.29 is 0 Å². The van der Waals surface area contributed by atoms with E-state index in [0.29, 0.717) is 0 Å². The van der Waals surface area contributed by atoms with Crippen LogP contribution in [0.1, 0.15) is 55.6 Å². The van der Waals surface area contributed by atoms with Gasteiger partial charge in [-0.15, -0.1) is 22.7 Å². The maximum Gasteiger partial charge on any atom is 0.124 e. The second-order valence-electron chi connectivity index (χ2n) is 5.28. The highest BCUT2D eigenvalue weighted by atomic mass is 32.1. The first-order valence-corrected chi connectivity index (χ1v) is 10.2. The van der Waals surface area contributed by atoms with Gasteiger partial charge in [0, 0.05) is 15.1 Å². The normalized spacial score (nSPS) is 9.83. The van der Waals surface area contributed by atoms with Crippen molar-refractivity contribution in [3.63, 3.8) is 0 Å². The van der Waals surface area contributed by atoms with E-state index in [2.05, 4.69) is 45.5 Å². The van der Waals surface area contributed by atoms with Crippen molar-refractivity contribution in [1.29, 1.82) is 0 Å². The molecule has 0 N–H and O–H groups in total. The molecule has 2 heterocycles. The van der Waals surface area contributed by atoms with E-state index < -0.39 is 0 Å². The van der Waals surface area contributed by atoms with Crippen molar-refractivity contribution in [2.24, 2.45) is 0 Å². The molecule has 0 saturated heterocycles. The van der Waals surface area contributed by atoms with E-state index >= 15 is 0 Å². The molecule has 3 rings (SSSR count). The third kappa shape index (κ3) is 4.34. The number of allylic oxidation sites excluding steroid dienone is 1. The third-order valence-corrected chi connectivity index (χ3v) is 5.76. The first-order valence-electron chi connectivity index (χ1n) is 8.60. The smallest absolute Gasteiger partial charge is 0.124 e. The Balaban J connectivity index is 0.000000671. The van der Waals surface area contributed by atoms with Crippen LogP contribution in [0.2, 0.25) is 0 Å². The summed E-state index contributed by atoms with van der Waals surface area (Å²) >= 11 is 3.59. The van der Waals surface area contributed by atoms with Gasteiger partial charge >= 0.3 is 0 Å². The molecule has 1 nitrogen and oxygen atoms in total. The van der Waals surface area contributed by atoms with Gasteiger partial charge in [0.2, 0.25) is 0 Å². The van der Waals surface area contributed by atoms with Crippen molar-refractivity contribution in [1.82, 2.24) is 4.98 Å². The van der Waals surface area contributed by atoms with Crippen LogP contribution in [-0.2, 0) is 0 Å². The topological polar surface area (TPSA) is 12.9 Å². The SMILES string of the molecule is C=C(C)c1sc(-c2cc(C)c3cc(C)sc3c2)nc1C.CC.CC. The van der Waals surface area contributed by atoms with Gasteiger partial charge in [0.25, 0.3) is 0 Å².